The second-order valence-electron chi connectivity index (χ2n) is 6.01. The first-order valence-corrected chi connectivity index (χ1v) is 11.2. The van der Waals surface area contributed by atoms with Crippen molar-refractivity contribution in [3.05, 3.63) is 39.5 Å². The Kier molecular flexibility index (Phi) is 6.58. The predicted molar refractivity (Wildman–Crippen MR) is 107 cm³/mol. The van der Waals surface area contributed by atoms with Crippen LogP contribution in [0, 0.1) is 5.92 Å². The third kappa shape index (κ3) is 4.78. The van der Waals surface area contributed by atoms with Gasteiger partial charge >= 0.3 is 0 Å². The van der Waals surface area contributed by atoms with Crippen LogP contribution in [0.3, 0.4) is 0 Å². The number of hydrogen-bond donors (Lipinski definition) is 1. The number of rotatable bonds is 5. The third-order valence-corrected chi connectivity index (χ3v) is 6.44. The van der Waals surface area contributed by atoms with Gasteiger partial charge in [0.05, 0.1) is 6.20 Å². The van der Waals surface area contributed by atoms with Gasteiger partial charge in [-0.15, -0.1) is 0 Å². The van der Waals surface area contributed by atoms with E-state index in [0.29, 0.717) is 31.5 Å². The minimum absolute atomic E-state index is 0.283. The lowest BCUT2D eigenvalue weighted by molar-refractivity contribution is -0.111. The smallest absolute Gasteiger partial charge is 0.263 e. The van der Waals surface area contributed by atoms with Crippen molar-refractivity contribution in [2.75, 3.05) is 11.6 Å². The Labute approximate surface area is 169 Å². The molecule has 2 aromatic heterocycles. The number of halogens is 2. The molecule has 1 fully saturated rings. The number of nitrogens with zero attached hydrogens (tertiary/aromatic N) is 2. The lowest BCUT2D eigenvalue weighted by atomic mass is 9.99. The zero-order valence-corrected chi connectivity index (χ0v) is 17.1. The number of allylic oxidation sites excluding steroid dienone is 1. The Hall–Kier alpha value is -1.12. The Morgan fingerprint density at radius 1 is 1.35 bits per heavy atom. The summed E-state index contributed by atoms with van der Waals surface area (Å²) in [5.74, 6) is 0.0561. The molecule has 0 saturated heterocycles. The van der Waals surface area contributed by atoms with E-state index in [1.807, 2.05) is 6.08 Å². The van der Waals surface area contributed by atoms with Crippen LogP contribution in [0.15, 0.2) is 29.6 Å². The first-order valence-electron chi connectivity index (χ1n) is 8.08. The van der Waals surface area contributed by atoms with Crippen molar-refractivity contribution in [1.82, 2.24) is 9.97 Å². The van der Waals surface area contributed by atoms with Crippen molar-refractivity contribution >= 4 is 62.3 Å². The van der Waals surface area contributed by atoms with Gasteiger partial charge < -0.3 is 4.55 Å². The average Bonchev–Trinajstić information content (AvgIpc) is 3.23. The van der Waals surface area contributed by atoms with Crippen molar-refractivity contribution in [2.45, 2.75) is 30.7 Å². The van der Waals surface area contributed by atoms with Crippen molar-refractivity contribution in [1.29, 1.82) is 0 Å². The fourth-order valence-corrected chi connectivity index (χ4v) is 4.76. The number of carbonyl (C=O) groups is 1. The van der Waals surface area contributed by atoms with Gasteiger partial charge in [0.15, 0.2) is 5.13 Å². The minimum atomic E-state index is -1.29. The van der Waals surface area contributed by atoms with Crippen molar-refractivity contribution in [2.24, 2.45) is 5.92 Å². The highest BCUT2D eigenvalue weighted by molar-refractivity contribution is 7.90. The van der Waals surface area contributed by atoms with E-state index in [0.717, 1.165) is 25.7 Å². The monoisotopic (exact) mass is 429 g/mol. The molecule has 0 aliphatic heterocycles. The Morgan fingerprint density at radius 3 is 2.65 bits per heavy atom. The molecule has 3 rings (SSSR count). The number of aromatic nitrogens is 2. The fourth-order valence-electron chi connectivity index (χ4n) is 2.92. The summed E-state index contributed by atoms with van der Waals surface area (Å²) in [6.07, 6.45) is 10.9. The van der Waals surface area contributed by atoms with E-state index in [-0.39, 0.29) is 10.9 Å². The molecule has 0 radical (unpaired) electrons. The molecule has 0 aromatic carbocycles. The summed E-state index contributed by atoms with van der Waals surface area (Å²) < 4.78 is 12.2. The Morgan fingerprint density at radius 2 is 2.08 bits per heavy atom. The van der Waals surface area contributed by atoms with Crippen LogP contribution in [-0.4, -0.2) is 26.7 Å². The molecule has 1 aliphatic carbocycles. The van der Waals surface area contributed by atoms with E-state index in [4.69, 9.17) is 23.2 Å². The molecule has 138 valence electrons. The van der Waals surface area contributed by atoms with Crippen LogP contribution in [0.4, 0.5) is 5.13 Å². The van der Waals surface area contributed by atoms with Gasteiger partial charge in [0.25, 0.3) is 10.9 Å². The first-order chi connectivity index (χ1) is 12.4. The van der Waals surface area contributed by atoms with Crippen LogP contribution < -0.4 is 5.32 Å². The molecular weight excluding hydrogens is 413 g/mol. The van der Waals surface area contributed by atoms with Gasteiger partial charge in [-0.2, -0.15) is 0 Å². The van der Waals surface area contributed by atoms with Gasteiger partial charge in [0.2, 0.25) is 0 Å². The highest BCUT2D eigenvalue weighted by Crippen LogP contribution is 2.32. The SMILES string of the molecule is C[S+]([O-])c1ncc(C(=CC2CCCC2)C(=O)Nc2ncc(Cl)s2)cc1Cl. The molecule has 1 aliphatic rings. The second kappa shape index (κ2) is 8.71. The van der Waals surface area contributed by atoms with E-state index >= 15 is 0 Å². The molecule has 0 spiro atoms. The predicted octanol–water partition coefficient (Wildman–Crippen LogP) is 4.79. The summed E-state index contributed by atoms with van der Waals surface area (Å²) in [6.45, 7) is 0. The second-order valence-corrected chi connectivity index (χ2v) is 9.38. The maximum absolute atomic E-state index is 12.9. The number of pyridine rings is 1. The van der Waals surface area contributed by atoms with Gasteiger partial charge in [-0.3, -0.25) is 10.1 Å². The number of amides is 1. The molecule has 5 nitrogen and oxygen atoms in total. The van der Waals surface area contributed by atoms with Gasteiger partial charge in [0.1, 0.15) is 15.6 Å². The van der Waals surface area contributed by atoms with E-state index < -0.39 is 11.2 Å². The van der Waals surface area contributed by atoms with Crippen LogP contribution in [0.1, 0.15) is 31.2 Å². The van der Waals surface area contributed by atoms with E-state index in [1.54, 1.807) is 6.07 Å². The molecule has 26 heavy (non-hydrogen) atoms. The highest BCUT2D eigenvalue weighted by atomic mass is 35.5. The minimum Gasteiger partial charge on any atom is -0.610 e. The topological polar surface area (TPSA) is 77.9 Å². The van der Waals surface area contributed by atoms with Gasteiger partial charge in [-0.1, -0.05) is 53.5 Å². The lowest BCUT2D eigenvalue weighted by Crippen LogP contribution is -2.15. The number of anilines is 1. The van der Waals surface area contributed by atoms with E-state index in [9.17, 15) is 9.35 Å². The van der Waals surface area contributed by atoms with Crippen LogP contribution in [0.25, 0.3) is 5.57 Å². The molecule has 1 unspecified atom stereocenters. The maximum Gasteiger partial charge on any atom is 0.263 e. The largest absolute Gasteiger partial charge is 0.610 e. The molecule has 2 aromatic rings. The summed E-state index contributed by atoms with van der Waals surface area (Å²) in [5.41, 5.74) is 1.09. The van der Waals surface area contributed by atoms with Crippen LogP contribution >= 0.6 is 34.5 Å². The number of hydrogen-bond acceptors (Lipinski definition) is 5. The van der Waals surface area contributed by atoms with Crippen LogP contribution in [0.5, 0.6) is 0 Å². The number of nitrogens with one attached hydrogen (secondary N) is 1. The zero-order chi connectivity index (χ0) is 18.7. The molecular formula is C17H17Cl2N3O2S2. The van der Waals surface area contributed by atoms with Crippen molar-refractivity contribution in [3.8, 4) is 0 Å². The Balaban J connectivity index is 1.92. The van der Waals surface area contributed by atoms with Gasteiger partial charge in [-0.05, 0) is 24.8 Å². The van der Waals surface area contributed by atoms with Gasteiger partial charge in [0, 0.05) is 28.5 Å². The quantitative estimate of drug-likeness (QED) is 0.546. The van der Waals surface area contributed by atoms with E-state index in [1.165, 1.54) is 30.0 Å². The van der Waals surface area contributed by atoms with Crippen molar-refractivity contribution in [3.63, 3.8) is 0 Å². The average molecular weight is 430 g/mol. The van der Waals surface area contributed by atoms with Crippen molar-refractivity contribution < 1.29 is 9.35 Å². The molecule has 1 amide bonds. The third-order valence-electron chi connectivity index (χ3n) is 4.14. The molecule has 9 heteroatoms. The molecule has 1 N–H and O–H groups in total. The number of thiazole rings is 1. The molecule has 2 heterocycles. The molecule has 0 bridgehead atoms. The first kappa shape index (κ1) is 19.6. The summed E-state index contributed by atoms with van der Waals surface area (Å²) in [6, 6.07) is 1.64. The maximum atomic E-state index is 12.9. The summed E-state index contributed by atoms with van der Waals surface area (Å²) >= 11 is 12.0. The molecule has 1 saturated carbocycles. The van der Waals surface area contributed by atoms with Crippen LogP contribution in [0.2, 0.25) is 9.36 Å². The standard InChI is InChI=1S/C17H17Cl2N3O2S2/c1-26(24)16-13(18)7-11(8-20-16)12(6-10-4-2-3-5-10)15(23)22-17-21-9-14(19)25-17/h6-10H,2-5H2,1H3,(H,21,22,23). The molecule has 1 atom stereocenters. The summed E-state index contributed by atoms with van der Waals surface area (Å²) in [4.78, 5) is 21.1. The lowest BCUT2D eigenvalue weighted by Gasteiger charge is -2.12. The van der Waals surface area contributed by atoms with Crippen LogP contribution in [-0.2, 0) is 16.0 Å². The fraction of sp³-hybridized carbons (Fsp3) is 0.353. The Bertz CT molecular complexity index is 833. The normalized spacial score (nSPS) is 16.7. The summed E-state index contributed by atoms with van der Waals surface area (Å²) in [7, 11) is 0. The van der Waals surface area contributed by atoms with Gasteiger partial charge in [-0.25, -0.2) is 9.97 Å². The highest BCUT2D eigenvalue weighted by Gasteiger charge is 2.22. The summed E-state index contributed by atoms with van der Waals surface area (Å²) in [5, 5.41) is 3.80. The number of carbonyl (C=O) groups excluding carboxylic acids is 1. The van der Waals surface area contributed by atoms with E-state index in [2.05, 4.69) is 15.3 Å². The zero-order valence-electron chi connectivity index (χ0n) is 14.0.